The number of rotatable bonds is 5. The van der Waals surface area contributed by atoms with E-state index in [1.807, 2.05) is 11.0 Å². The Hall–Kier alpha value is -2.24. The number of anilines is 1. The molecule has 1 aliphatic carbocycles. The number of benzene rings is 1. The molecule has 0 spiro atoms. The van der Waals surface area contributed by atoms with Gasteiger partial charge in [-0.1, -0.05) is 18.2 Å². The summed E-state index contributed by atoms with van der Waals surface area (Å²) in [6, 6.07) is 10.4. The average molecular weight is 329 g/mol. The van der Waals surface area contributed by atoms with Crippen LogP contribution in [0.3, 0.4) is 0 Å². The van der Waals surface area contributed by atoms with E-state index in [1.165, 1.54) is 18.5 Å². The number of piperazine rings is 1. The van der Waals surface area contributed by atoms with E-state index < -0.39 is 0 Å². The van der Waals surface area contributed by atoms with Crippen LogP contribution < -0.4 is 15.5 Å². The van der Waals surface area contributed by atoms with Crippen LogP contribution in [-0.4, -0.2) is 63.1 Å². The minimum absolute atomic E-state index is 0.136. The smallest absolute Gasteiger partial charge is 0.242 e. The van der Waals surface area contributed by atoms with Crippen molar-refractivity contribution in [2.45, 2.75) is 12.8 Å². The van der Waals surface area contributed by atoms with Crippen molar-refractivity contribution in [1.82, 2.24) is 15.5 Å². The summed E-state index contributed by atoms with van der Waals surface area (Å²) in [5, 5.41) is 6.40. The molecular formula is C18H27N5O. The number of carbonyl (C=O) groups is 1. The van der Waals surface area contributed by atoms with E-state index in [2.05, 4.69) is 44.8 Å². The Morgan fingerprint density at radius 1 is 1.12 bits per heavy atom. The normalized spacial score (nSPS) is 18.5. The lowest BCUT2D eigenvalue weighted by atomic mass is 10.2. The number of amides is 1. The van der Waals surface area contributed by atoms with Crippen molar-refractivity contribution in [2.75, 3.05) is 51.2 Å². The van der Waals surface area contributed by atoms with Crippen molar-refractivity contribution in [3.8, 4) is 0 Å². The molecule has 1 heterocycles. The molecule has 24 heavy (non-hydrogen) atoms. The van der Waals surface area contributed by atoms with Crippen LogP contribution in [0, 0.1) is 5.92 Å². The third-order valence-electron chi connectivity index (χ3n) is 4.64. The number of nitrogens with zero attached hydrogens (tertiary/aromatic N) is 3. The summed E-state index contributed by atoms with van der Waals surface area (Å²) < 4.78 is 0. The molecule has 0 atom stereocenters. The summed E-state index contributed by atoms with van der Waals surface area (Å²) in [5.74, 6) is 1.64. The molecule has 1 aromatic carbocycles. The number of nitrogens with one attached hydrogen (secondary N) is 2. The number of hydrogen-bond donors (Lipinski definition) is 2. The first-order valence-electron chi connectivity index (χ1n) is 8.78. The second-order valence-corrected chi connectivity index (χ2v) is 6.45. The topological polar surface area (TPSA) is 60.0 Å². The molecule has 2 aliphatic rings. The van der Waals surface area contributed by atoms with E-state index in [-0.39, 0.29) is 5.91 Å². The lowest BCUT2D eigenvalue weighted by Gasteiger charge is -2.36. The fraction of sp³-hybridized carbons (Fsp3) is 0.556. The minimum Gasteiger partial charge on any atom is -0.368 e. The molecule has 1 saturated heterocycles. The Bertz CT molecular complexity index is 562. The summed E-state index contributed by atoms with van der Waals surface area (Å²) in [6.07, 6.45) is 2.60. The summed E-state index contributed by atoms with van der Waals surface area (Å²) >= 11 is 0. The molecule has 3 rings (SSSR count). The van der Waals surface area contributed by atoms with Crippen LogP contribution in [0.25, 0.3) is 0 Å². The molecule has 1 amide bonds. The molecule has 6 heteroatoms. The molecule has 6 nitrogen and oxygen atoms in total. The predicted octanol–water partition coefficient (Wildman–Crippen LogP) is 0.910. The van der Waals surface area contributed by atoms with Gasteiger partial charge >= 0.3 is 0 Å². The van der Waals surface area contributed by atoms with Crippen LogP contribution in [0.2, 0.25) is 0 Å². The van der Waals surface area contributed by atoms with E-state index in [1.54, 1.807) is 7.05 Å². The second kappa shape index (κ2) is 8.04. The van der Waals surface area contributed by atoms with Crippen molar-refractivity contribution in [1.29, 1.82) is 0 Å². The Balaban J connectivity index is 1.40. The van der Waals surface area contributed by atoms with Gasteiger partial charge in [0.25, 0.3) is 0 Å². The lowest BCUT2D eigenvalue weighted by molar-refractivity contribution is -0.130. The highest BCUT2D eigenvalue weighted by molar-refractivity contribution is 5.86. The number of carbonyl (C=O) groups excluding carboxylic acids is 1. The summed E-state index contributed by atoms with van der Waals surface area (Å²) in [7, 11) is 1.74. The van der Waals surface area contributed by atoms with Gasteiger partial charge in [0.2, 0.25) is 5.91 Å². The standard InChI is InChI=1S/C18H27N5O/c1-19-18(20-13-15-7-8-15)21-14-17(24)23-11-9-22(10-12-23)16-5-3-2-4-6-16/h2-6,15H,7-14H2,1H3,(H2,19,20,21). The van der Waals surface area contributed by atoms with Crippen molar-refractivity contribution < 1.29 is 4.79 Å². The molecule has 1 aromatic rings. The minimum atomic E-state index is 0.136. The summed E-state index contributed by atoms with van der Waals surface area (Å²) in [4.78, 5) is 20.8. The maximum Gasteiger partial charge on any atom is 0.242 e. The zero-order chi connectivity index (χ0) is 16.8. The average Bonchev–Trinajstić information content (AvgIpc) is 3.47. The largest absolute Gasteiger partial charge is 0.368 e. The molecule has 1 aliphatic heterocycles. The summed E-state index contributed by atoms with van der Waals surface area (Å²) in [6.45, 7) is 4.54. The molecule has 130 valence electrons. The van der Waals surface area contributed by atoms with Gasteiger partial charge in [-0.15, -0.1) is 0 Å². The third-order valence-corrected chi connectivity index (χ3v) is 4.64. The Morgan fingerprint density at radius 3 is 2.46 bits per heavy atom. The molecular weight excluding hydrogens is 302 g/mol. The lowest BCUT2D eigenvalue weighted by Crippen LogP contribution is -2.52. The van der Waals surface area contributed by atoms with Crippen molar-refractivity contribution in [2.24, 2.45) is 10.9 Å². The first kappa shape index (κ1) is 16.6. The van der Waals surface area contributed by atoms with Crippen molar-refractivity contribution in [3.05, 3.63) is 30.3 Å². The maximum atomic E-state index is 12.4. The third kappa shape index (κ3) is 4.63. The van der Waals surface area contributed by atoms with Gasteiger partial charge in [-0.2, -0.15) is 0 Å². The summed E-state index contributed by atoms with van der Waals surface area (Å²) in [5.41, 5.74) is 1.23. The first-order valence-corrected chi connectivity index (χ1v) is 8.78. The second-order valence-electron chi connectivity index (χ2n) is 6.45. The Morgan fingerprint density at radius 2 is 1.83 bits per heavy atom. The van der Waals surface area contributed by atoms with Crippen LogP contribution in [0.5, 0.6) is 0 Å². The van der Waals surface area contributed by atoms with Crippen molar-refractivity contribution >= 4 is 17.6 Å². The van der Waals surface area contributed by atoms with Gasteiger partial charge in [-0.05, 0) is 30.9 Å². The number of guanidine groups is 1. The van der Waals surface area contributed by atoms with Gasteiger partial charge in [-0.3, -0.25) is 9.79 Å². The number of para-hydroxylation sites is 1. The fourth-order valence-corrected chi connectivity index (χ4v) is 2.91. The Kier molecular flexibility index (Phi) is 5.56. The van der Waals surface area contributed by atoms with E-state index in [0.717, 1.165) is 44.6 Å². The number of aliphatic imine (C=N–C) groups is 1. The molecule has 2 fully saturated rings. The number of hydrogen-bond acceptors (Lipinski definition) is 3. The first-order chi connectivity index (χ1) is 11.8. The van der Waals surface area contributed by atoms with Gasteiger partial charge in [-0.25, -0.2) is 0 Å². The van der Waals surface area contributed by atoms with Crippen LogP contribution in [0.4, 0.5) is 5.69 Å². The Labute approximate surface area is 143 Å². The highest BCUT2D eigenvalue weighted by Gasteiger charge is 2.22. The molecule has 0 bridgehead atoms. The quantitative estimate of drug-likeness (QED) is 0.623. The molecule has 1 saturated carbocycles. The van der Waals surface area contributed by atoms with Gasteiger partial charge in [0.15, 0.2) is 5.96 Å². The molecule has 0 unspecified atom stereocenters. The highest BCUT2D eigenvalue weighted by Crippen LogP contribution is 2.27. The van der Waals surface area contributed by atoms with E-state index in [4.69, 9.17) is 0 Å². The van der Waals surface area contributed by atoms with Crippen LogP contribution in [0.15, 0.2) is 35.3 Å². The SMILES string of the molecule is CN=C(NCC(=O)N1CCN(c2ccccc2)CC1)NCC1CC1. The van der Waals surface area contributed by atoms with Gasteiger partial charge in [0.05, 0.1) is 6.54 Å². The van der Waals surface area contributed by atoms with Gasteiger partial charge in [0.1, 0.15) is 0 Å². The molecule has 0 radical (unpaired) electrons. The van der Waals surface area contributed by atoms with Crippen LogP contribution in [0.1, 0.15) is 12.8 Å². The predicted molar refractivity (Wildman–Crippen MR) is 97.3 cm³/mol. The monoisotopic (exact) mass is 329 g/mol. The fourth-order valence-electron chi connectivity index (χ4n) is 2.91. The van der Waals surface area contributed by atoms with Crippen molar-refractivity contribution in [3.63, 3.8) is 0 Å². The molecule has 2 N–H and O–H groups in total. The van der Waals surface area contributed by atoms with Gasteiger partial charge < -0.3 is 20.4 Å². The van der Waals surface area contributed by atoms with Gasteiger partial charge in [0, 0.05) is 45.5 Å². The molecule has 0 aromatic heterocycles. The van der Waals surface area contributed by atoms with E-state index in [0.29, 0.717) is 6.54 Å². The maximum absolute atomic E-state index is 12.4. The highest BCUT2D eigenvalue weighted by atomic mass is 16.2. The zero-order valence-corrected chi connectivity index (χ0v) is 14.4. The van der Waals surface area contributed by atoms with Crippen LogP contribution in [-0.2, 0) is 4.79 Å². The van der Waals surface area contributed by atoms with E-state index in [9.17, 15) is 4.79 Å². The zero-order valence-electron chi connectivity index (χ0n) is 14.4. The van der Waals surface area contributed by atoms with E-state index >= 15 is 0 Å². The van der Waals surface area contributed by atoms with Crippen LogP contribution >= 0.6 is 0 Å².